The Kier molecular flexibility index (Phi) is 4.43. The molecule has 0 radical (unpaired) electrons. The molecule has 4 heteroatoms. The molecule has 0 saturated carbocycles. The van der Waals surface area contributed by atoms with Crippen molar-refractivity contribution in [1.29, 1.82) is 0 Å². The van der Waals surface area contributed by atoms with Gasteiger partial charge >= 0.3 is 0 Å². The van der Waals surface area contributed by atoms with Crippen LogP contribution in [0.2, 0.25) is 0 Å². The van der Waals surface area contributed by atoms with Gasteiger partial charge in [0.05, 0.1) is 12.8 Å². The molecule has 2 rings (SSSR count). The predicted molar refractivity (Wildman–Crippen MR) is 79.2 cm³/mol. The van der Waals surface area contributed by atoms with Crippen molar-refractivity contribution in [3.8, 4) is 5.75 Å². The molecule has 0 amide bonds. The molecule has 0 aromatic heterocycles. The summed E-state index contributed by atoms with van der Waals surface area (Å²) < 4.78 is 19.7. The second-order valence-corrected chi connectivity index (χ2v) is 5.12. The number of hydrogen-bond donors (Lipinski definition) is 1. The van der Waals surface area contributed by atoms with Crippen LogP contribution in [0.1, 0.15) is 11.1 Å². The van der Waals surface area contributed by atoms with Crippen molar-refractivity contribution < 1.29 is 9.13 Å². The third kappa shape index (κ3) is 3.26. The van der Waals surface area contributed by atoms with E-state index in [1.165, 1.54) is 6.07 Å². The van der Waals surface area contributed by atoms with Crippen LogP contribution in [0.5, 0.6) is 5.75 Å². The van der Waals surface area contributed by atoms with Crippen LogP contribution >= 0.6 is 15.9 Å². The lowest BCUT2D eigenvalue weighted by Gasteiger charge is -2.13. The minimum absolute atomic E-state index is 0.277. The first-order chi connectivity index (χ1) is 9.11. The van der Waals surface area contributed by atoms with E-state index in [0.29, 0.717) is 16.7 Å². The summed E-state index contributed by atoms with van der Waals surface area (Å²) in [5.74, 6) is 0.520. The first kappa shape index (κ1) is 13.9. The number of para-hydroxylation sites is 1. The van der Waals surface area contributed by atoms with Crippen LogP contribution in [0.15, 0.2) is 40.9 Å². The monoisotopic (exact) mass is 323 g/mol. The van der Waals surface area contributed by atoms with Crippen molar-refractivity contribution in [3.63, 3.8) is 0 Å². The van der Waals surface area contributed by atoms with E-state index in [2.05, 4.69) is 21.2 Å². The minimum atomic E-state index is -0.277. The van der Waals surface area contributed by atoms with Crippen molar-refractivity contribution in [2.24, 2.45) is 0 Å². The Hall–Kier alpha value is -1.55. The fraction of sp³-hybridized carbons (Fsp3) is 0.200. The van der Waals surface area contributed by atoms with E-state index >= 15 is 0 Å². The summed E-state index contributed by atoms with van der Waals surface area (Å²) in [7, 11) is 1.63. The number of halogens is 2. The first-order valence-corrected chi connectivity index (χ1v) is 6.72. The number of aryl methyl sites for hydroxylation is 1. The van der Waals surface area contributed by atoms with Gasteiger partial charge in [-0.2, -0.15) is 0 Å². The van der Waals surface area contributed by atoms with E-state index < -0.39 is 0 Å². The molecule has 0 bridgehead atoms. The Morgan fingerprint density at radius 3 is 2.74 bits per heavy atom. The number of anilines is 1. The molecule has 0 spiro atoms. The molecule has 0 heterocycles. The maximum absolute atomic E-state index is 13.7. The van der Waals surface area contributed by atoms with Crippen LogP contribution in [0, 0.1) is 12.7 Å². The third-order valence-corrected chi connectivity index (χ3v) is 3.52. The summed E-state index contributed by atoms with van der Waals surface area (Å²) in [4.78, 5) is 0. The number of benzene rings is 2. The highest BCUT2D eigenvalue weighted by Crippen LogP contribution is 2.27. The summed E-state index contributed by atoms with van der Waals surface area (Å²) in [5.41, 5.74) is 2.61. The molecule has 0 atom stereocenters. The van der Waals surface area contributed by atoms with Gasteiger partial charge < -0.3 is 10.1 Å². The van der Waals surface area contributed by atoms with Crippen molar-refractivity contribution in [2.45, 2.75) is 13.5 Å². The molecule has 2 aromatic rings. The highest BCUT2D eigenvalue weighted by atomic mass is 79.9. The predicted octanol–water partition coefficient (Wildman–Crippen LogP) is 4.52. The number of ether oxygens (including phenoxy) is 1. The molecule has 19 heavy (non-hydrogen) atoms. The normalized spacial score (nSPS) is 10.3. The molecule has 2 nitrogen and oxygen atoms in total. The molecule has 0 aliphatic carbocycles. The maximum atomic E-state index is 13.7. The third-order valence-electron chi connectivity index (χ3n) is 2.85. The largest absolute Gasteiger partial charge is 0.496 e. The van der Waals surface area contributed by atoms with Gasteiger partial charge in [-0.25, -0.2) is 4.39 Å². The zero-order chi connectivity index (χ0) is 13.8. The van der Waals surface area contributed by atoms with Crippen molar-refractivity contribution in [1.82, 2.24) is 0 Å². The molecule has 100 valence electrons. The Morgan fingerprint density at radius 1 is 1.26 bits per heavy atom. The number of methoxy groups -OCH3 is 1. The standard InChI is InChI=1S/C15H15BrFNO/c1-10-6-7-14(19-2)11(8-10)9-18-15-12(16)4-3-5-13(15)17/h3-8,18H,9H2,1-2H3. The summed E-state index contributed by atoms with van der Waals surface area (Å²) in [6.07, 6.45) is 0. The Balaban J connectivity index is 2.21. The summed E-state index contributed by atoms with van der Waals surface area (Å²) in [6, 6.07) is 10.8. The Bertz CT molecular complexity index is 566. The van der Waals surface area contributed by atoms with Gasteiger partial charge in [-0.1, -0.05) is 23.8 Å². The number of rotatable bonds is 4. The SMILES string of the molecule is COc1ccc(C)cc1CNc1c(F)cccc1Br. The molecule has 0 aliphatic heterocycles. The molecule has 0 fully saturated rings. The summed E-state index contributed by atoms with van der Waals surface area (Å²) in [6.45, 7) is 2.52. The highest BCUT2D eigenvalue weighted by Gasteiger charge is 2.08. The summed E-state index contributed by atoms with van der Waals surface area (Å²) in [5, 5.41) is 3.10. The lowest BCUT2D eigenvalue weighted by Crippen LogP contribution is -2.04. The maximum Gasteiger partial charge on any atom is 0.147 e. The van der Waals surface area contributed by atoms with Gasteiger partial charge in [0.25, 0.3) is 0 Å². The summed E-state index contributed by atoms with van der Waals surface area (Å²) >= 11 is 3.34. The smallest absolute Gasteiger partial charge is 0.147 e. The minimum Gasteiger partial charge on any atom is -0.496 e. The number of nitrogens with one attached hydrogen (secondary N) is 1. The van der Waals surface area contributed by atoms with Gasteiger partial charge in [-0.3, -0.25) is 0 Å². The van der Waals surface area contributed by atoms with Crippen LogP contribution in [0.3, 0.4) is 0 Å². The molecular formula is C15H15BrFNO. The van der Waals surface area contributed by atoms with Gasteiger partial charge in [0.15, 0.2) is 0 Å². The second kappa shape index (κ2) is 6.06. The fourth-order valence-electron chi connectivity index (χ4n) is 1.90. The van der Waals surface area contributed by atoms with Gasteiger partial charge in [-0.15, -0.1) is 0 Å². The topological polar surface area (TPSA) is 21.3 Å². The molecule has 0 unspecified atom stereocenters. The average molecular weight is 324 g/mol. The van der Waals surface area contributed by atoms with Crippen molar-refractivity contribution in [3.05, 3.63) is 57.8 Å². The van der Waals surface area contributed by atoms with Crippen molar-refractivity contribution >= 4 is 21.6 Å². The lowest BCUT2D eigenvalue weighted by atomic mass is 10.1. The second-order valence-electron chi connectivity index (χ2n) is 4.27. The van der Waals surface area contributed by atoms with Crippen LogP contribution in [-0.4, -0.2) is 7.11 Å². The van der Waals surface area contributed by atoms with Crippen LogP contribution < -0.4 is 10.1 Å². The zero-order valence-corrected chi connectivity index (χ0v) is 12.4. The highest BCUT2D eigenvalue weighted by molar-refractivity contribution is 9.10. The van der Waals surface area contributed by atoms with E-state index in [0.717, 1.165) is 16.9 Å². The van der Waals surface area contributed by atoms with E-state index in [1.807, 2.05) is 25.1 Å². The lowest BCUT2D eigenvalue weighted by molar-refractivity contribution is 0.410. The molecule has 0 saturated heterocycles. The first-order valence-electron chi connectivity index (χ1n) is 5.93. The molecular weight excluding hydrogens is 309 g/mol. The molecule has 0 aliphatic rings. The molecule has 2 aromatic carbocycles. The zero-order valence-electron chi connectivity index (χ0n) is 10.8. The Labute approximate surface area is 120 Å². The van der Waals surface area contributed by atoms with Gasteiger partial charge in [0.1, 0.15) is 11.6 Å². The van der Waals surface area contributed by atoms with Crippen LogP contribution in [0.25, 0.3) is 0 Å². The van der Waals surface area contributed by atoms with Crippen LogP contribution in [0.4, 0.5) is 10.1 Å². The Morgan fingerprint density at radius 2 is 2.05 bits per heavy atom. The average Bonchev–Trinajstić information content (AvgIpc) is 2.38. The van der Waals surface area contributed by atoms with Gasteiger partial charge in [0, 0.05) is 16.6 Å². The molecule has 1 N–H and O–H groups in total. The number of hydrogen-bond acceptors (Lipinski definition) is 2. The fourth-order valence-corrected chi connectivity index (χ4v) is 2.38. The van der Waals surface area contributed by atoms with E-state index in [9.17, 15) is 4.39 Å². The van der Waals surface area contributed by atoms with E-state index in [-0.39, 0.29) is 5.82 Å². The van der Waals surface area contributed by atoms with E-state index in [1.54, 1.807) is 19.2 Å². The van der Waals surface area contributed by atoms with Crippen LogP contribution in [-0.2, 0) is 6.54 Å². The van der Waals surface area contributed by atoms with E-state index in [4.69, 9.17) is 4.74 Å². The van der Waals surface area contributed by atoms with Crippen molar-refractivity contribution in [2.75, 3.05) is 12.4 Å². The van der Waals surface area contributed by atoms with Gasteiger partial charge in [0.2, 0.25) is 0 Å². The van der Waals surface area contributed by atoms with Gasteiger partial charge in [-0.05, 0) is 41.1 Å². The quantitative estimate of drug-likeness (QED) is 0.893.